The number of thiol groups is 1. The highest BCUT2D eigenvalue weighted by atomic mass is 32.1. The van der Waals surface area contributed by atoms with Crippen molar-refractivity contribution in [2.45, 2.75) is 26.2 Å². The molecule has 0 fully saturated rings. The van der Waals surface area contributed by atoms with Crippen LogP contribution in [0.2, 0.25) is 0 Å². The van der Waals surface area contributed by atoms with E-state index in [1.54, 1.807) is 30.3 Å². The van der Waals surface area contributed by atoms with Gasteiger partial charge in [-0.15, -0.1) is 12.6 Å². The molecule has 2 atom stereocenters. The number of nitrogens with one attached hydrogen (secondary N) is 2. The van der Waals surface area contributed by atoms with Gasteiger partial charge in [0.2, 0.25) is 5.91 Å². The van der Waals surface area contributed by atoms with Crippen molar-refractivity contribution in [1.82, 2.24) is 4.98 Å². The minimum atomic E-state index is -0.566. The smallest absolute Gasteiger partial charge is 0.272 e. The molecule has 1 aromatic heterocycles. The number of aromatic nitrogens is 1. The van der Waals surface area contributed by atoms with Crippen LogP contribution in [0.5, 0.6) is 0 Å². The van der Waals surface area contributed by atoms with Gasteiger partial charge in [0.25, 0.3) is 5.91 Å². The molecule has 2 amide bonds. The number of benzene rings is 2. The number of hydrogen-bond acceptors (Lipinski definition) is 8. The first-order valence-corrected chi connectivity index (χ1v) is 11.7. The van der Waals surface area contributed by atoms with Crippen molar-refractivity contribution in [3.8, 4) is 12.1 Å². The third kappa shape index (κ3) is 5.54. The third-order valence-electron chi connectivity index (χ3n) is 5.35. The maximum atomic E-state index is 13.3. The quantitative estimate of drug-likeness (QED) is 0.284. The molecular formula is C24H22N6O2S2. The molecule has 3 rings (SSSR count). The van der Waals surface area contributed by atoms with Gasteiger partial charge in [0.1, 0.15) is 5.70 Å². The Balaban J connectivity index is 1.88. The molecule has 0 spiro atoms. The zero-order valence-electron chi connectivity index (χ0n) is 18.5. The largest absolute Gasteiger partial charge is 0.394 e. The van der Waals surface area contributed by atoms with Crippen LogP contribution in [0, 0.1) is 28.6 Å². The molecule has 0 saturated heterocycles. The minimum absolute atomic E-state index is 0.0169. The van der Waals surface area contributed by atoms with Crippen LogP contribution < -0.4 is 16.4 Å². The second-order valence-electron chi connectivity index (χ2n) is 7.66. The van der Waals surface area contributed by atoms with Crippen LogP contribution in [0.4, 0.5) is 10.8 Å². The molecule has 0 bridgehead atoms. The van der Waals surface area contributed by atoms with Gasteiger partial charge in [-0.25, -0.2) is 4.98 Å². The molecule has 0 aliphatic heterocycles. The number of nitriles is 2. The lowest BCUT2D eigenvalue weighted by molar-refractivity contribution is -0.118. The first-order valence-electron chi connectivity index (χ1n) is 10.4. The van der Waals surface area contributed by atoms with Crippen molar-refractivity contribution < 1.29 is 9.59 Å². The Labute approximate surface area is 206 Å². The standard InChI is InChI=1S/C24H22N6O2S2/c1-3-13(2)21(16-7-14(10-25)6-15(8-16)11-26)23(32)30-24-29-19-5-4-17(9-20(19)34-24)28-22(31)18(27)12-33/h4-9,12-13,21,33H,3,27H2,1-2H3,(H,28,31)(H,29,30,32)/b18-12-. The molecule has 0 radical (unpaired) electrons. The zero-order valence-corrected chi connectivity index (χ0v) is 20.2. The summed E-state index contributed by atoms with van der Waals surface area (Å²) in [5.41, 5.74) is 8.02. The number of nitrogens with zero attached hydrogens (tertiary/aromatic N) is 3. The SMILES string of the molecule is CCC(C)C(C(=O)Nc1nc2ccc(NC(=O)/C(N)=C/S)cc2s1)c1cc(C#N)cc(C#N)c1. The van der Waals surface area contributed by atoms with Crippen LogP contribution in [-0.4, -0.2) is 16.8 Å². The van der Waals surface area contributed by atoms with E-state index in [0.717, 1.165) is 11.1 Å². The van der Waals surface area contributed by atoms with Gasteiger partial charge in [0.05, 0.1) is 39.4 Å². The average molecular weight is 491 g/mol. The first-order chi connectivity index (χ1) is 16.3. The van der Waals surface area contributed by atoms with E-state index in [4.69, 9.17) is 5.73 Å². The number of nitrogens with two attached hydrogens (primary N) is 1. The molecular weight excluding hydrogens is 468 g/mol. The summed E-state index contributed by atoms with van der Waals surface area (Å²) in [4.78, 5) is 29.8. The normalized spacial score (nSPS) is 12.9. The number of rotatable bonds is 7. The van der Waals surface area contributed by atoms with E-state index >= 15 is 0 Å². The van der Waals surface area contributed by atoms with Gasteiger partial charge in [0, 0.05) is 5.69 Å². The van der Waals surface area contributed by atoms with Gasteiger partial charge in [0.15, 0.2) is 5.13 Å². The maximum absolute atomic E-state index is 13.3. The van der Waals surface area contributed by atoms with Crippen LogP contribution in [0.1, 0.15) is 42.9 Å². The van der Waals surface area contributed by atoms with E-state index in [1.807, 2.05) is 13.8 Å². The van der Waals surface area contributed by atoms with Crippen molar-refractivity contribution >= 4 is 56.8 Å². The summed E-state index contributed by atoms with van der Waals surface area (Å²) in [5, 5.41) is 25.8. The van der Waals surface area contributed by atoms with Crippen molar-refractivity contribution in [2.24, 2.45) is 11.7 Å². The van der Waals surface area contributed by atoms with Crippen LogP contribution in [0.25, 0.3) is 10.2 Å². The molecule has 3 aromatic rings. The zero-order chi connectivity index (χ0) is 24.8. The number of anilines is 2. The fourth-order valence-corrected chi connectivity index (χ4v) is 4.46. The number of carbonyl (C=O) groups excluding carboxylic acids is 2. The van der Waals surface area contributed by atoms with Crippen molar-refractivity contribution in [1.29, 1.82) is 10.5 Å². The van der Waals surface area contributed by atoms with E-state index < -0.39 is 11.8 Å². The summed E-state index contributed by atoms with van der Waals surface area (Å²) in [6.07, 6.45) is 0.726. The molecule has 1 heterocycles. The van der Waals surface area contributed by atoms with Gasteiger partial charge in [-0.05, 0) is 53.3 Å². The predicted octanol–water partition coefficient (Wildman–Crippen LogP) is 4.48. The Kier molecular flexibility index (Phi) is 7.90. The molecule has 0 aliphatic carbocycles. The third-order valence-corrected chi connectivity index (χ3v) is 6.56. The van der Waals surface area contributed by atoms with Crippen LogP contribution in [0.15, 0.2) is 47.5 Å². The van der Waals surface area contributed by atoms with E-state index in [0.29, 0.717) is 33.0 Å². The number of thiazole rings is 1. The lowest BCUT2D eigenvalue weighted by Crippen LogP contribution is -2.26. The second kappa shape index (κ2) is 10.8. The van der Waals surface area contributed by atoms with Crippen molar-refractivity contribution in [2.75, 3.05) is 10.6 Å². The van der Waals surface area contributed by atoms with Crippen LogP contribution in [0.3, 0.4) is 0 Å². The Hall–Kier alpha value is -3.86. The number of hydrogen-bond donors (Lipinski definition) is 4. The molecule has 0 aliphatic rings. The van der Waals surface area contributed by atoms with Gasteiger partial charge in [-0.3, -0.25) is 9.59 Å². The van der Waals surface area contributed by atoms with Crippen molar-refractivity contribution in [3.05, 3.63) is 64.2 Å². The summed E-state index contributed by atoms with van der Waals surface area (Å²) < 4.78 is 0.764. The van der Waals surface area contributed by atoms with Crippen molar-refractivity contribution in [3.63, 3.8) is 0 Å². The Morgan fingerprint density at radius 2 is 1.85 bits per heavy atom. The first kappa shape index (κ1) is 24.8. The highest BCUT2D eigenvalue weighted by Gasteiger charge is 2.27. The molecule has 172 valence electrons. The van der Waals surface area contributed by atoms with Gasteiger partial charge >= 0.3 is 0 Å². The number of amides is 2. The summed E-state index contributed by atoms with van der Waals surface area (Å²) in [6, 6.07) is 14.1. The molecule has 8 nitrogen and oxygen atoms in total. The predicted molar refractivity (Wildman–Crippen MR) is 136 cm³/mol. The minimum Gasteiger partial charge on any atom is -0.394 e. The van der Waals surface area contributed by atoms with E-state index in [2.05, 4.69) is 40.4 Å². The van der Waals surface area contributed by atoms with Crippen LogP contribution >= 0.6 is 24.0 Å². The summed E-state index contributed by atoms with van der Waals surface area (Å²) in [6.45, 7) is 3.93. The topological polar surface area (TPSA) is 145 Å². The number of fused-ring (bicyclic) bond motifs is 1. The monoisotopic (exact) mass is 490 g/mol. The van der Waals surface area contributed by atoms with E-state index in [-0.39, 0.29) is 17.5 Å². The fraction of sp³-hybridized carbons (Fsp3) is 0.208. The highest BCUT2D eigenvalue weighted by molar-refractivity contribution is 7.83. The summed E-state index contributed by atoms with van der Waals surface area (Å²) in [7, 11) is 0. The number of carbonyl (C=O) groups is 2. The van der Waals surface area contributed by atoms with Crippen LogP contribution in [-0.2, 0) is 9.59 Å². The molecule has 34 heavy (non-hydrogen) atoms. The van der Waals surface area contributed by atoms with Gasteiger partial charge in [-0.2, -0.15) is 10.5 Å². The summed E-state index contributed by atoms with van der Waals surface area (Å²) >= 11 is 5.14. The molecule has 10 heteroatoms. The van der Waals surface area contributed by atoms with Gasteiger partial charge in [-0.1, -0.05) is 31.6 Å². The average Bonchev–Trinajstić information content (AvgIpc) is 3.24. The lowest BCUT2D eigenvalue weighted by atomic mass is 9.83. The van der Waals surface area contributed by atoms with E-state index in [9.17, 15) is 20.1 Å². The fourth-order valence-electron chi connectivity index (χ4n) is 3.44. The van der Waals surface area contributed by atoms with E-state index in [1.165, 1.54) is 22.8 Å². The summed E-state index contributed by atoms with van der Waals surface area (Å²) in [5.74, 6) is -1.35. The second-order valence-corrected chi connectivity index (χ2v) is 8.95. The molecule has 2 unspecified atom stereocenters. The molecule has 0 saturated carbocycles. The van der Waals surface area contributed by atoms with Gasteiger partial charge < -0.3 is 16.4 Å². The lowest BCUT2D eigenvalue weighted by Gasteiger charge is -2.22. The Morgan fingerprint density at radius 1 is 1.18 bits per heavy atom. The highest BCUT2D eigenvalue weighted by Crippen LogP contribution is 2.33. The Bertz CT molecular complexity index is 1330. The maximum Gasteiger partial charge on any atom is 0.272 e. The molecule has 2 aromatic carbocycles. The Morgan fingerprint density at radius 3 is 2.44 bits per heavy atom. The molecule has 4 N–H and O–H groups in total.